The molecule has 3 heterocycles. The molecule has 3 aromatic rings. The van der Waals surface area contributed by atoms with Crippen molar-refractivity contribution in [2.45, 2.75) is 58.2 Å². The average molecular weight is 464 g/mol. The van der Waals surface area contributed by atoms with Crippen LogP contribution >= 0.6 is 11.3 Å². The Hall–Kier alpha value is -2.93. The van der Waals surface area contributed by atoms with Gasteiger partial charge in [0.2, 0.25) is 0 Å². The Morgan fingerprint density at radius 3 is 2.24 bits per heavy atom. The second-order valence-electron chi connectivity index (χ2n) is 9.91. The van der Waals surface area contributed by atoms with Crippen LogP contribution in [0.15, 0.2) is 41.8 Å². The normalized spacial score (nSPS) is 16.8. The second kappa shape index (κ2) is 8.45. The Labute approximate surface area is 198 Å². The van der Waals surface area contributed by atoms with Gasteiger partial charge in [0.15, 0.2) is 0 Å². The maximum Gasteiger partial charge on any atom is 0.410 e. The Morgan fingerprint density at radius 2 is 1.64 bits per heavy atom. The number of thiazole rings is 1. The summed E-state index contributed by atoms with van der Waals surface area (Å²) in [4.78, 5) is 34.0. The number of hydrogen-bond donors (Lipinski definition) is 0. The fourth-order valence-electron chi connectivity index (χ4n) is 4.75. The van der Waals surface area contributed by atoms with Crippen molar-refractivity contribution in [1.29, 1.82) is 0 Å². The van der Waals surface area contributed by atoms with Crippen molar-refractivity contribution in [3.05, 3.63) is 63.6 Å². The van der Waals surface area contributed by atoms with Gasteiger partial charge in [-0.1, -0.05) is 36.4 Å². The van der Waals surface area contributed by atoms with Crippen molar-refractivity contribution in [3.8, 4) is 0 Å². The topological polar surface area (TPSA) is 62.7 Å². The summed E-state index contributed by atoms with van der Waals surface area (Å²) in [5.41, 5.74) is 2.41. The summed E-state index contributed by atoms with van der Waals surface area (Å²) in [6.07, 6.45) is 1.41. The van der Waals surface area contributed by atoms with Crippen molar-refractivity contribution in [2.75, 3.05) is 13.1 Å². The van der Waals surface area contributed by atoms with E-state index in [0.29, 0.717) is 31.9 Å². The lowest BCUT2D eigenvalue weighted by molar-refractivity contribution is 0.0204. The van der Waals surface area contributed by atoms with Gasteiger partial charge in [-0.15, -0.1) is 11.3 Å². The van der Waals surface area contributed by atoms with Gasteiger partial charge in [0.1, 0.15) is 11.3 Å². The molecule has 1 saturated heterocycles. The maximum absolute atomic E-state index is 13.3. The number of ether oxygens (including phenoxy) is 1. The van der Waals surface area contributed by atoms with E-state index < -0.39 is 5.60 Å². The minimum absolute atomic E-state index is 0.0183. The van der Waals surface area contributed by atoms with E-state index in [-0.39, 0.29) is 17.9 Å². The molecular formula is C26H29N3O3S. The molecule has 7 heteroatoms. The van der Waals surface area contributed by atoms with Crippen LogP contribution in [0, 0.1) is 0 Å². The fraction of sp³-hybridized carbons (Fsp3) is 0.423. The average Bonchev–Trinajstić information content (AvgIpc) is 3.28. The largest absolute Gasteiger partial charge is 0.444 e. The van der Waals surface area contributed by atoms with E-state index in [1.165, 1.54) is 21.9 Å². The van der Waals surface area contributed by atoms with Crippen LogP contribution in [0.25, 0.3) is 10.8 Å². The van der Waals surface area contributed by atoms with E-state index in [4.69, 9.17) is 9.72 Å². The first kappa shape index (κ1) is 21.9. The fourth-order valence-corrected chi connectivity index (χ4v) is 5.71. The van der Waals surface area contributed by atoms with Crippen molar-refractivity contribution in [3.63, 3.8) is 0 Å². The zero-order valence-corrected chi connectivity index (χ0v) is 20.2. The molecule has 2 amide bonds. The van der Waals surface area contributed by atoms with Crippen molar-refractivity contribution in [1.82, 2.24) is 14.8 Å². The number of rotatable bonds is 2. The van der Waals surface area contributed by atoms with Crippen LogP contribution in [0.1, 0.15) is 66.2 Å². The van der Waals surface area contributed by atoms with Gasteiger partial charge >= 0.3 is 6.09 Å². The van der Waals surface area contributed by atoms with Crippen LogP contribution in [0.4, 0.5) is 4.79 Å². The van der Waals surface area contributed by atoms with Crippen LogP contribution < -0.4 is 0 Å². The first-order valence-corrected chi connectivity index (χ1v) is 12.4. The van der Waals surface area contributed by atoms with E-state index in [1.807, 2.05) is 31.1 Å². The van der Waals surface area contributed by atoms with Crippen LogP contribution in [-0.4, -0.2) is 45.5 Å². The lowest BCUT2D eigenvalue weighted by Gasteiger charge is -2.32. The second-order valence-corrected chi connectivity index (χ2v) is 10.8. The highest BCUT2D eigenvalue weighted by atomic mass is 32.1. The Balaban J connectivity index is 1.24. The summed E-state index contributed by atoms with van der Waals surface area (Å²) >= 11 is 1.55. The number of benzene rings is 2. The minimum Gasteiger partial charge on any atom is -0.444 e. The Kier molecular flexibility index (Phi) is 5.60. The molecule has 0 saturated carbocycles. The number of carbonyl (C=O) groups is 2. The van der Waals surface area contributed by atoms with Gasteiger partial charge in [-0.05, 0) is 55.5 Å². The molecule has 5 rings (SSSR count). The van der Waals surface area contributed by atoms with E-state index in [1.54, 1.807) is 16.2 Å². The smallest absolute Gasteiger partial charge is 0.410 e. The van der Waals surface area contributed by atoms with E-state index in [0.717, 1.165) is 17.8 Å². The Morgan fingerprint density at radius 1 is 1.00 bits per heavy atom. The molecule has 0 bridgehead atoms. The van der Waals surface area contributed by atoms with Crippen LogP contribution in [0.3, 0.4) is 0 Å². The molecule has 2 aliphatic heterocycles. The quantitative estimate of drug-likeness (QED) is 0.499. The molecule has 2 aromatic carbocycles. The van der Waals surface area contributed by atoms with Crippen molar-refractivity contribution < 1.29 is 14.3 Å². The molecule has 2 aliphatic rings. The van der Waals surface area contributed by atoms with E-state index >= 15 is 0 Å². The SMILES string of the molecule is CC(C)(C)OC(=O)N1CCC(c2nc(C(=O)N3Cc4cccc5cccc(c45)C3)cs2)CC1. The van der Waals surface area contributed by atoms with Gasteiger partial charge in [0, 0.05) is 37.5 Å². The highest BCUT2D eigenvalue weighted by Gasteiger charge is 2.30. The summed E-state index contributed by atoms with van der Waals surface area (Å²) in [5.74, 6) is 0.251. The number of carbonyl (C=O) groups excluding carboxylic acids is 2. The number of hydrogen-bond acceptors (Lipinski definition) is 5. The third kappa shape index (κ3) is 4.47. The highest BCUT2D eigenvalue weighted by Crippen LogP contribution is 2.33. The molecule has 0 unspecified atom stereocenters. The lowest BCUT2D eigenvalue weighted by Crippen LogP contribution is -2.41. The molecule has 0 spiro atoms. The number of likely N-dealkylation sites (tertiary alicyclic amines) is 1. The molecule has 1 fully saturated rings. The summed E-state index contributed by atoms with van der Waals surface area (Å²) in [7, 11) is 0. The van der Waals surface area contributed by atoms with Crippen LogP contribution in [-0.2, 0) is 17.8 Å². The van der Waals surface area contributed by atoms with Gasteiger partial charge in [-0.3, -0.25) is 4.79 Å². The van der Waals surface area contributed by atoms with E-state index in [2.05, 4.69) is 36.4 Å². The molecule has 1 aromatic heterocycles. The molecule has 172 valence electrons. The van der Waals surface area contributed by atoms with Gasteiger partial charge in [0.05, 0.1) is 5.01 Å². The first-order valence-electron chi connectivity index (χ1n) is 11.5. The van der Waals surface area contributed by atoms with Crippen LogP contribution in [0.5, 0.6) is 0 Å². The molecule has 0 N–H and O–H groups in total. The number of aromatic nitrogens is 1. The highest BCUT2D eigenvalue weighted by molar-refractivity contribution is 7.09. The maximum atomic E-state index is 13.3. The summed E-state index contributed by atoms with van der Waals surface area (Å²) in [5, 5.41) is 5.38. The third-order valence-electron chi connectivity index (χ3n) is 6.32. The monoisotopic (exact) mass is 463 g/mol. The van der Waals surface area contributed by atoms with Gasteiger partial charge in [-0.2, -0.15) is 0 Å². The number of piperidine rings is 1. The Bertz CT molecular complexity index is 1160. The van der Waals surface area contributed by atoms with Crippen molar-refractivity contribution in [2.24, 2.45) is 0 Å². The molecule has 0 atom stereocenters. The summed E-state index contributed by atoms with van der Waals surface area (Å²) in [6, 6.07) is 12.6. The van der Waals surface area contributed by atoms with Gasteiger partial charge in [-0.25, -0.2) is 9.78 Å². The zero-order chi connectivity index (χ0) is 23.2. The summed E-state index contributed by atoms with van der Waals surface area (Å²) < 4.78 is 5.49. The number of amides is 2. The molecule has 33 heavy (non-hydrogen) atoms. The van der Waals surface area contributed by atoms with Crippen LogP contribution in [0.2, 0.25) is 0 Å². The first-order chi connectivity index (χ1) is 15.8. The minimum atomic E-state index is -0.487. The molecule has 0 aliphatic carbocycles. The van der Waals surface area contributed by atoms with Crippen molar-refractivity contribution >= 4 is 34.1 Å². The third-order valence-corrected chi connectivity index (χ3v) is 7.33. The summed E-state index contributed by atoms with van der Waals surface area (Å²) in [6.45, 7) is 8.15. The predicted octanol–water partition coefficient (Wildman–Crippen LogP) is 5.57. The predicted molar refractivity (Wildman–Crippen MR) is 129 cm³/mol. The molecule has 6 nitrogen and oxygen atoms in total. The van der Waals surface area contributed by atoms with E-state index in [9.17, 15) is 9.59 Å². The lowest BCUT2D eigenvalue weighted by atomic mass is 9.95. The standard InChI is InChI=1S/C26H29N3O3S/c1-26(2,3)32-25(31)28-12-10-18(11-13-28)23-27-21(16-33-23)24(30)29-14-19-8-4-6-17-7-5-9-20(15-29)22(17)19/h4-9,16,18H,10-15H2,1-3H3. The number of nitrogens with zero attached hydrogens (tertiary/aromatic N) is 3. The zero-order valence-electron chi connectivity index (χ0n) is 19.3. The molecule has 0 radical (unpaired) electrons. The van der Waals surface area contributed by atoms with Gasteiger partial charge in [0.25, 0.3) is 5.91 Å². The van der Waals surface area contributed by atoms with Gasteiger partial charge < -0.3 is 14.5 Å². The molecular weight excluding hydrogens is 434 g/mol.